The molecule has 3 aromatic rings. The zero-order valence-corrected chi connectivity index (χ0v) is 15.1. The van der Waals surface area contributed by atoms with Crippen LogP contribution in [-0.2, 0) is 6.42 Å². The molecule has 0 fully saturated rings. The van der Waals surface area contributed by atoms with E-state index in [1.54, 1.807) is 0 Å². The van der Waals surface area contributed by atoms with Gasteiger partial charge in [0.1, 0.15) is 17.5 Å². The lowest BCUT2D eigenvalue weighted by atomic mass is 10.1. The number of anilines is 3. The van der Waals surface area contributed by atoms with Crippen molar-refractivity contribution in [3.8, 4) is 0 Å². The molecule has 0 saturated carbocycles. The maximum atomic E-state index is 6.02. The van der Waals surface area contributed by atoms with Crippen LogP contribution in [0.4, 0.5) is 17.3 Å². The second kappa shape index (κ2) is 7.99. The Hall–Kier alpha value is -2.59. The van der Waals surface area contributed by atoms with Crippen molar-refractivity contribution < 1.29 is 0 Å². The van der Waals surface area contributed by atoms with Crippen LogP contribution in [-0.4, -0.2) is 16.5 Å². The highest BCUT2D eigenvalue weighted by atomic mass is 35.5. The Labute approximate surface area is 153 Å². The molecule has 128 valence electrons. The highest BCUT2D eigenvalue weighted by Gasteiger charge is 2.03. The van der Waals surface area contributed by atoms with E-state index >= 15 is 0 Å². The van der Waals surface area contributed by atoms with E-state index in [1.807, 2.05) is 43.3 Å². The molecule has 0 spiro atoms. The Morgan fingerprint density at radius 3 is 2.52 bits per heavy atom. The van der Waals surface area contributed by atoms with Gasteiger partial charge in [-0.25, -0.2) is 9.97 Å². The number of halogens is 1. The monoisotopic (exact) mass is 352 g/mol. The summed E-state index contributed by atoms with van der Waals surface area (Å²) in [6, 6.07) is 18.0. The number of nitrogens with zero attached hydrogens (tertiary/aromatic N) is 2. The van der Waals surface area contributed by atoms with Crippen LogP contribution in [0.3, 0.4) is 0 Å². The quantitative estimate of drug-likeness (QED) is 0.644. The first-order chi connectivity index (χ1) is 12.1. The van der Waals surface area contributed by atoms with Gasteiger partial charge in [-0.2, -0.15) is 0 Å². The normalized spacial score (nSPS) is 10.5. The van der Waals surface area contributed by atoms with Crippen molar-refractivity contribution in [3.05, 3.63) is 76.6 Å². The summed E-state index contributed by atoms with van der Waals surface area (Å²) in [5, 5.41) is 7.45. The molecule has 0 amide bonds. The zero-order chi connectivity index (χ0) is 17.6. The maximum Gasteiger partial charge on any atom is 0.136 e. The Bertz CT molecular complexity index is 864. The Morgan fingerprint density at radius 2 is 1.72 bits per heavy atom. The van der Waals surface area contributed by atoms with Crippen LogP contribution in [0.15, 0.2) is 54.6 Å². The number of rotatable bonds is 6. The predicted molar refractivity (Wildman–Crippen MR) is 105 cm³/mol. The first-order valence-electron chi connectivity index (χ1n) is 8.26. The molecule has 2 aromatic carbocycles. The number of nitrogens with one attached hydrogen (secondary N) is 2. The molecule has 0 unspecified atom stereocenters. The van der Waals surface area contributed by atoms with Crippen molar-refractivity contribution in [2.45, 2.75) is 20.3 Å². The van der Waals surface area contributed by atoms with Crippen molar-refractivity contribution in [1.82, 2.24) is 9.97 Å². The minimum absolute atomic E-state index is 0.725. The largest absolute Gasteiger partial charge is 0.370 e. The van der Waals surface area contributed by atoms with Crippen LogP contribution >= 0.6 is 11.6 Å². The second-order valence-electron chi connectivity index (χ2n) is 5.99. The number of benzene rings is 2. The molecule has 4 nitrogen and oxygen atoms in total. The molecule has 0 aliphatic heterocycles. The summed E-state index contributed by atoms with van der Waals surface area (Å²) >= 11 is 6.02. The van der Waals surface area contributed by atoms with Crippen LogP contribution in [0.5, 0.6) is 0 Å². The molecule has 0 aliphatic rings. The summed E-state index contributed by atoms with van der Waals surface area (Å²) in [6.07, 6.45) is 0.879. The van der Waals surface area contributed by atoms with Gasteiger partial charge in [0.25, 0.3) is 0 Å². The van der Waals surface area contributed by atoms with Gasteiger partial charge in [-0.1, -0.05) is 35.9 Å². The summed E-state index contributed by atoms with van der Waals surface area (Å²) < 4.78 is 0. The van der Waals surface area contributed by atoms with Crippen LogP contribution in [0, 0.1) is 13.8 Å². The summed E-state index contributed by atoms with van der Waals surface area (Å²) in [7, 11) is 0. The summed E-state index contributed by atoms with van der Waals surface area (Å²) in [5.41, 5.74) is 3.42. The summed E-state index contributed by atoms with van der Waals surface area (Å²) in [5.74, 6) is 2.32. The molecule has 2 N–H and O–H groups in total. The third kappa shape index (κ3) is 5.19. The fourth-order valence-electron chi connectivity index (χ4n) is 2.62. The van der Waals surface area contributed by atoms with Gasteiger partial charge in [0.2, 0.25) is 0 Å². The van der Waals surface area contributed by atoms with E-state index in [-0.39, 0.29) is 0 Å². The topological polar surface area (TPSA) is 49.8 Å². The van der Waals surface area contributed by atoms with E-state index in [0.29, 0.717) is 0 Å². The number of aryl methyl sites for hydroxylation is 2. The lowest BCUT2D eigenvalue weighted by molar-refractivity contribution is 0.983. The molecular formula is C20H21ClN4. The van der Waals surface area contributed by atoms with Crippen molar-refractivity contribution in [1.29, 1.82) is 0 Å². The highest BCUT2D eigenvalue weighted by molar-refractivity contribution is 6.30. The number of hydrogen-bond acceptors (Lipinski definition) is 4. The van der Waals surface area contributed by atoms with Crippen molar-refractivity contribution in [2.75, 3.05) is 17.2 Å². The van der Waals surface area contributed by atoms with Gasteiger partial charge >= 0.3 is 0 Å². The van der Waals surface area contributed by atoms with Crippen LogP contribution in [0.2, 0.25) is 5.02 Å². The van der Waals surface area contributed by atoms with Crippen LogP contribution in [0.1, 0.15) is 17.0 Å². The third-order valence-corrected chi connectivity index (χ3v) is 3.97. The number of aromatic nitrogens is 2. The van der Waals surface area contributed by atoms with Crippen LogP contribution in [0.25, 0.3) is 0 Å². The lowest BCUT2D eigenvalue weighted by Crippen LogP contribution is -2.08. The van der Waals surface area contributed by atoms with Gasteiger partial charge in [-0.05, 0) is 55.7 Å². The summed E-state index contributed by atoms with van der Waals surface area (Å²) in [6.45, 7) is 4.74. The van der Waals surface area contributed by atoms with Gasteiger partial charge < -0.3 is 10.6 Å². The molecule has 3 rings (SSSR count). The van der Waals surface area contributed by atoms with E-state index in [9.17, 15) is 0 Å². The van der Waals surface area contributed by atoms with E-state index in [4.69, 9.17) is 11.6 Å². The van der Waals surface area contributed by atoms with Gasteiger partial charge in [0.15, 0.2) is 0 Å². The van der Waals surface area contributed by atoms with Crippen LogP contribution < -0.4 is 10.6 Å². The standard InChI is InChI=1S/C20H21ClN4/c1-14-5-3-8-18(11-14)25-20-13-19(23-15(2)24-20)22-10-9-16-6-4-7-17(21)12-16/h3-8,11-13H,9-10H2,1-2H3,(H2,22,23,24,25). The van der Waals surface area contributed by atoms with E-state index in [1.165, 1.54) is 11.1 Å². The molecule has 0 aliphatic carbocycles. The minimum atomic E-state index is 0.725. The molecule has 1 heterocycles. The predicted octanol–water partition coefficient (Wildman–Crippen LogP) is 5.15. The molecule has 0 saturated heterocycles. The maximum absolute atomic E-state index is 6.02. The molecule has 0 bridgehead atoms. The number of hydrogen-bond donors (Lipinski definition) is 2. The summed E-state index contributed by atoms with van der Waals surface area (Å²) in [4.78, 5) is 8.91. The van der Waals surface area contributed by atoms with Crippen molar-refractivity contribution in [3.63, 3.8) is 0 Å². The molecular weight excluding hydrogens is 332 g/mol. The molecule has 5 heteroatoms. The average molecular weight is 353 g/mol. The molecule has 0 atom stereocenters. The van der Waals surface area contributed by atoms with Gasteiger partial charge in [-0.3, -0.25) is 0 Å². The van der Waals surface area contributed by atoms with Gasteiger partial charge in [-0.15, -0.1) is 0 Å². The average Bonchev–Trinajstić information content (AvgIpc) is 2.54. The second-order valence-corrected chi connectivity index (χ2v) is 6.42. The van der Waals surface area contributed by atoms with E-state index in [2.05, 4.69) is 45.7 Å². The van der Waals surface area contributed by atoms with E-state index in [0.717, 1.165) is 41.1 Å². The van der Waals surface area contributed by atoms with Crippen molar-refractivity contribution >= 4 is 28.9 Å². The Balaban J connectivity index is 1.65. The lowest BCUT2D eigenvalue weighted by Gasteiger charge is -2.11. The minimum Gasteiger partial charge on any atom is -0.370 e. The zero-order valence-electron chi connectivity index (χ0n) is 14.4. The van der Waals surface area contributed by atoms with Gasteiger partial charge in [0, 0.05) is 23.3 Å². The highest BCUT2D eigenvalue weighted by Crippen LogP contribution is 2.18. The van der Waals surface area contributed by atoms with Gasteiger partial charge in [0.05, 0.1) is 0 Å². The first kappa shape index (κ1) is 17.2. The smallest absolute Gasteiger partial charge is 0.136 e. The fourth-order valence-corrected chi connectivity index (χ4v) is 2.83. The Kier molecular flexibility index (Phi) is 5.51. The first-order valence-corrected chi connectivity index (χ1v) is 8.64. The SMILES string of the molecule is Cc1cccc(Nc2cc(NCCc3cccc(Cl)c3)nc(C)n2)c1. The molecule has 1 aromatic heterocycles. The molecule has 25 heavy (non-hydrogen) atoms. The Morgan fingerprint density at radius 1 is 0.920 bits per heavy atom. The van der Waals surface area contributed by atoms with E-state index < -0.39 is 0 Å². The molecule has 0 radical (unpaired) electrons. The third-order valence-electron chi connectivity index (χ3n) is 3.74. The van der Waals surface area contributed by atoms with Crippen molar-refractivity contribution in [2.24, 2.45) is 0 Å². The fraction of sp³-hybridized carbons (Fsp3) is 0.200.